The van der Waals surface area contributed by atoms with Gasteiger partial charge in [0.05, 0.1) is 17.6 Å². The van der Waals surface area contributed by atoms with Crippen molar-refractivity contribution in [1.29, 1.82) is 0 Å². The second-order valence-electron chi connectivity index (χ2n) is 9.38. The molecule has 0 unspecified atom stereocenters. The summed E-state index contributed by atoms with van der Waals surface area (Å²) in [6.45, 7) is 0.708. The quantitative estimate of drug-likeness (QED) is 0.304. The molecular weight excluding hydrogens is 448 g/mol. The number of nitrogens with two attached hydrogens (primary N) is 1. The van der Waals surface area contributed by atoms with Gasteiger partial charge in [-0.25, -0.2) is 9.50 Å². The van der Waals surface area contributed by atoms with Gasteiger partial charge in [0.1, 0.15) is 6.61 Å². The maximum atomic E-state index is 10.5. The number of ether oxygens (including phenoxy) is 1. The second kappa shape index (κ2) is 9.06. The first-order chi connectivity index (χ1) is 17.6. The number of benzene rings is 3. The minimum absolute atomic E-state index is 0.196. The number of carbonyl (C=O) groups is 1. The number of hydrogen-bond acceptors (Lipinski definition) is 5. The van der Waals surface area contributed by atoms with Crippen LogP contribution in [0.3, 0.4) is 0 Å². The Morgan fingerprint density at radius 2 is 1.64 bits per heavy atom. The standard InChI is InChI=1S/C30H26N4O2/c31-30(15-4-16-30)25-13-11-24(12-14-25)29-26(22-5-2-1-3-6-22)17-28-32-18-27(34(28)33-29)23-9-7-21(8-10-23)19-36-20-35/h1-3,5-14,17-18,20H,4,15-16,19,31H2. The van der Waals surface area contributed by atoms with Crippen LogP contribution in [0.2, 0.25) is 0 Å². The maximum absolute atomic E-state index is 10.5. The van der Waals surface area contributed by atoms with Gasteiger partial charge in [0.15, 0.2) is 5.65 Å². The molecule has 2 N–H and O–H groups in total. The number of hydrogen-bond donors (Lipinski definition) is 1. The van der Waals surface area contributed by atoms with E-state index in [-0.39, 0.29) is 12.1 Å². The molecule has 1 aliphatic rings. The smallest absolute Gasteiger partial charge is 0.293 e. The van der Waals surface area contributed by atoms with Crippen LogP contribution in [0.4, 0.5) is 0 Å². The molecule has 0 bridgehead atoms. The average molecular weight is 475 g/mol. The monoisotopic (exact) mass is 474 g/mol. The molecule has 2 heterocycles. The van der Waals surface area contributed by atoms with Crippen molar-refractivity contribution in [3.8, 4) is 33.6 Å². The van der Waals surface area contributed by atoms with Crippen LogP contribution in [0.15, 0.2) is 91.1 Å². The van der Waals surface area contributed by atoms with Crippen LogP contribution in [0.25, 0.3) is 39.3 Å². The lowest BCUT2D eigenvalue weighted by Gasteiger charge is -2.38. The number of aromatic nitrogens is 3. The van der Waals surface area contributed by atoms with Gasteiger partial charge in [0, 0.05) is 22.2 Å². The van der Waals surface area contributed by atoms with Gasteiger partial charge in [-0.3, -0.25) is 4.79 Å². The second-order valence-corrected chi connectivity index (χ2v) is 9.38. The maximum Gasteiger partial charge on any atom is 0.293 e. The van der Waals surface area contributed by atoms with Gasteiger partial charge in [0.2, 0.25) is 0 Å². The Kier molecular flexibility index (Phi) is 5.58. The van der Waals surface area contributed by atoms with Crippen LogP contribution in [0.1, 0.15) is 30.4 Å². The Morgan fingerprint density at radius 3 is 2.31 bits per heavy atom. The van der Waals surface area contributed by atoms with E-state index in [0.29, 0.717) is 6.47 Å². The minimum atomic E-state index is -0.196. The molecule has 5 aromatic rings. The summed E-state index contributed by atoms with van der Waals surface area (Å²) in [5.41, 5.74) is 15.1. The van der Waals surface area contributed by atoms with Gasteiger partial charge in [-0.15, -0.1) is 0 Å². The number of nitrogens with zero attached hydrogens (tertiary/aromatic N) is 3. The molecule has 2 aromatic heterocycles. The Hall–Kier alpha value is -4.29. The molecule has 3 aromatic carbocycles. The third kappa shape index (κ3) is 3.95. The first kappa shape index (κ1) is 22.2. The summed E-state index contributed by atoms with van der Waals surface area (Å²) in [6.07, 6.45) is 5.09. The van der Waals surface area contributed by atoms with Crippen molar-refractivity contribution in [2.24, 2.45) is 5.73 Å². The fourth-order valence-electron chi connectivity index (χ4n) is 4.87. The molecule has 0 amide bonds. The minimum Gasteiger partial charge on any atom is -0.463 e. The van der Waals surface area contributed by atoms with E-state index < -0.39 is 0 Å². The highest BCUT2D eigenvalue weighted by Crippen LogP contribution is 2.40. The molecular formula is C30H26N4O2. The van der Waals surface area contributed by atoms with E-state index in [2.05, 4.69) is 47.4 Å². The van der Waals surface area contributed by atoms with Crippen LogP contribution in [-0.2, 0) is 21.7 Å². The molecule has 178 valence electrons. The molecule has 0 saturated heterocycles. The molecule has 0 aliphatic heterocycles. The van der Waals surface area contributed by atoms with Crippen LogP contribution in [-0.4, -0.2) is 21.1 Å². The fraction of sp³-hybridized carbons (Fsp3) is 0.167. The Labute approximate surface area is 209 Å². The summed E-state index contributed by atoms with van der Waals surface area (Å²) < 4.78 is 6.75. The highest BCUT2D eigenvalue weighted by atomic mass is 16.5. The molecule has 0 atom stereocenters. The zero-order valence-electron chi connectivity index (χ0n) is 19.8. The topological polar surface area (TPSA) is 82.5 Å². The number of imidazole rings is 1. The van der Waals surface area contributed by atoms with E-state index in [1.54, 1.807) is 0 Å². The van der Waals surface area contributed by atoms with Gasteiger partial charge in [-0.2, -0.15) is 5.10 Å². The van der Waals surface area contributed by atoms with E-state index in [1.807, 2.05) is 53.2 Å². The van der Waals surface area contributed by atoms with E-state index in [0.717, 1.165) is 57.7 Å². The van der Waals surface area contributed by atoms with E-state index in [1.165, 1.54) is 12.0 Å². The molecule has 6 rings (SSSR count). The zero-order chi connectivity index (χ0) is 24.5. The summed E-state index contributed by atoms with van der Waals surface area (Å²) >= 11 is 0. The first-order valence-electron chi connectivity index (χ1n) is 12.1. The van der Waals surface area contributed by atoms with Gasteiger partial charge in [0.25, 0.3) is 6.47 Å². The van der Waals surface area contributed by atoms with Crippen molar-refractivity contribution < 1.29 is 9.53 Å². The predicted octanol–water partition coefficient (Wildman–Crippen LogP) is 5.74. The lowest BCUT2D eigenvalue weighted by Crippen LogP contribution is -2.43. The molecule has 6 heteroatoms. The lowest BCUT2D eigenvalue weighted by atomic mass is 9.72. The van der Waals surface area contributed by atoms with Crippen molar-refractivity contribution in [2.75, 3.05) is 0 Å². The van der Waals surface area contributed by atoms with E-state index in [4.69, 9.17) is 15.6 Å². The van der Waals surface area contributed by atoms with Crippen LogP contribution in [0, 0.1) is 0 Å². The summed E-state index contributed by atoms with van der Waals surface area (Å²) in [5, 5.41) is 5.11. The average Bonchev–Trinajstić information content (AvgIpc) is 3.34. The molecule has 1 aliphatic carbocycles. The van der Waals surface area contributed by atoms with Gasteiger partial charge in [-0.05, 0) is 42.0 Å². The van der Waals surface area contributed by atoms with E-state index in [9.17, 15) is 4.79 Å². The Morgan fingerprint density at radius 1 is 0.917 bits per heavy atom. The van der Waals surface area contributed by atoms with Crippen LogP contribution < -0.4 is 5.73 Å². The molecule has 6 nitrogen and oxygen atoms in total. The van der Waals surface area contributed by atoms with Gasteiger partial charge < -0.3 is 10.5 Å². The third-order valence-electron chi connectivity index (χ3n) is 7.12. The molecule has 1 saturated carbocycles. The largest absolute Gasteiger partial charge is 0.463 e. The molecule has 1 fully saturated rings. The number of rotatable bonds is 7. The summed E-state index contributed by atoms with van der Waals surface area (Å²) in [6, 6.07) is 28.8. The van der Waals surface area contributed by atoms with Crippen molar-refractivity contribution in [3.05, 3.63) is 102 Å². The highest BCUT2D eigenvalue weighted by molar-refractivity contribution is 5.83. The molecule has 0 radical (unpaired) electrons. The van der Waals surface area contributed by atoms with Crippen LogP contribution >= 0.6 is 0 Å². The normalized spacial score (nSPS) is 14.4. The molecule has 36 heavy (non-hydrogen) atoms. The summed E-state index contributed by atoms with van der Waals surface area (Å²) in [4.78, 5) is 15.2. The molecule has 0 spiro atoms. The van der Waals surface area contributed by atoms with Crippen LogP contribution in [0.5, 0.6) is 0 Å². The summed E-state index contributed by atoms with van der Waals surface area (Å²) in [7, 11) is 0. The van der Waals surface area contributed by atoms with Crippen molar-refractivity contribution in [1.82, 2.24) is 14.6 Å². The number of carbonyl (C=O) groups excluding carboxylic acids is 1. The Balaban J connectivity index is 1.46. The number of fused-ring (bicyclic) bond motifs is 1. The lowest BCUT2D eigenvalue weighted by molar-refractivity contribution is -0.129. The predicted molar refractivity (Wildman–Crippen MR) is 140 cm³/mol. The fourth-order valence-corrected chi connectivity index (χ4v) is 4.87. The van der Waals surface area contributed by atoms with Crippen molar-refractivity contribution in [3.63, 3.8) is 0 Å². The summed E-state index contributed by atoms with van der Waals surface area (Å²) in [5.74, 6) is 0. The SMILES string of the molecule is NC1(c2ccc(-c3nn4c(-c5ccc(COC=O)cc5)cnc4cc3-c3ccccc3)cc2)CCC1. The third-order valence-corrected chi connectivity index (χ3v) is 7.12. The Bertz CT molecular complexity index is 1520. The van der Waals surface area contributed by atoms with Crippen molar-refractivity contribution >= 4 is 12.1 Å². The highest BCUT2D eigenvalue weighted by Gasteiger charge is 2.34. The van der Waals surface area contributed by atoms with Gasteiger partial charge in [-0.1, -0.05) is 78.9 Å². The van der Waals surface area contributed by atoms with E-state index >= 15 is 0 Å². The first-order valence-corrected chi connectivity index (χ1v) is 12.1. The van der Waals surface area contributed by atoms with Gasteiger partial charge >= 0.3 is 0 Å². The van der Waals surface area contributed by atoms with Crippen molar-refractivity contribution in [2.45, 2.75) is 31.4 Å². The zero-order valence-corrected chi connectivity index (χ0v) is 19.8.